The van der Waals surface area contributed by atoms with Crippen molar-refractivity contribution >= 4 is 10.4 Å². The third-order valence-electron chi connectivity index (χ3n) is 1.85. The fourth-order valence-electron chi connectivity index (χ4n) is 1.57. The van der Waals surface area contributed by atoms with Crippen molar-refractivity contribution < 1.29 is 27.4 Å². The van der Waals surface area contributed by atoms with Gasteiger partial charge in [0.2, 0.25) is 0 Å². The first kappa shape index (κ1) is 16.8. The fourth-order valence-corrected chi connectivity index (χ4v) is 2.05. The van der Waals surface area contributed by atoms with Crippen LogP contribution in [0.5, 0.6) is 0 Å². The summed E-state index contributed by atoms with van der Waals surface area (Å²) in [4.78, 5) is 1.66. The number of aliphatic hydroxyl groups is 2. The molecule has 0 bridgehead atoms. The van der Waals surface area contributed by atoms with Gasteiger partial charge in [-0.25, -0.2) is 4.18 Å². The van der Waals surface area contributed by atoms with Crippen molar-refractivity contribution in [2.45, 2.75) is 39.1 Å². The lowest BCUT2D eigenvalue weighted by molar-refractivity contribution is 0.0580. The van der Waals surface area contributed by atoms with Crippen LogP contribution in [0, 0.1) is 0 Å². The summed E-state index contributed by atoms with van der Waals surface area (Å²) >= 11 is 0. The fraction of sp³-hybridized carbons (Fsp3) is 1.00. The summed E-state index contributed by atoms with van der Waals surface area (Å²) in [7, 11) is -4.48. The topological polar surface area (TPSA) is 107 Å². The second-order valence-electron chi connectivity index (χ2n) is 4.25. The molecule has 0 aliphatic carbocycles. The number of nitrogens with zero attached hydrogens (tertiary/aromatic N) is 1. The Morgan fingerprint density at radius 3 is 1.76 bits per heavy atom. The van der Waals surface area contributed by atoms with Gasteiger partial charge < -0.3 is 10.2 Å². The molecule has 0 fully saturated rings. The van der Waals surface area contributed by atoms with Crippen LogP contribution in [0.25, 0.3) is 0 Å². The molecule has 0 saturated carbocycles. The van der Waals surface area contributed by atoms with E-state index in [0.29, 0.717) is 0 Å². The highest BCUT2D eigenvalue weighted by molar-refractivity contribution is 7.80. The zero-order valence-corrected chi connectivity index (χ0v) is 11.1. The van der Waals surface area contributed by atoms with Gasteiger partial charge >= 0.3 is 10.4 Å². The minimum absolute atomic E-state index is 0.176. The van der Waals surface area contributed by atoms with E-state index in [-0.39, 0.29) is 19.6 Å². The predicted octanol–water partition coefficient (Wildman–Crippen LogP) is -0.742. The maximum Gasteiger partial charge on any atom is 0.397 e. The van der Waals surface area contributed by atoms with Gasteiger partial charge in [-0.1, -0.05) is 0 Å². The van der Waals surface area contributed by atoms with E-state index in [1.54, 1.807) is 18.7 Å². The normalized spacial score (nSPS) is 18.1. The quantitative estimate of drug-likeness (QED) is 0.499. The van der Waals surface area contributed by atoms with Crippen LogP contribution >= 0.6 is 0 Å². The van der Waals surface area contributed by atoms with Gasteiger partial charge in [0.05, 0.1) is 18.3 Å². The van der Waals surface area contributed by atoms with Gasteiger partial charge in [0.1, 0.15) is 0 Å². The molecule has 8 heteroatoms. The zero-order chi connectivity index (χ0) is 13.6. The molecule has 0 aromatic carbocycles. The summed E-state index contributed by atoms with van der Waals surface area (Å²) in [5.74, 6) is 0. The molecule has 0 spiro atoms. The van der Waals surface area contributed by atoms with Crippen LogP contribution in [0.3, 0.4) is 0 Å². The minimum Gasteiger partial charge on any atom is -0.392 e. The number of hydrogen-bond acceptors (Lipinski definition) is 6. The molecule has 3 N–H and O–H groups in total. The van der Waals surface area contributed by atoms with Crippen molar-refractivity contribution in [3.63, 3.8) is 0 Å². The van der Waals surface area contributed by atoms with Gasteiger partial charge in [-0.2, -0.15) is 8.42 Å². The van der Waals surface area contributed by atoms with E-state index in [1.807, 2.05) is 0 Å². The monoisotopic (exact) mass is 271 g/mol. The summed E-state index contributed by atoms with van der Waals surface area (Å²) in [6.45, 7) is 5.39. The molecule has 0 aromatic heterocycles. The highest BCUT2D eigenvalue weighted by Crippen LogP contribution is 2.03. The van der Waals surface area contributed by atoms with Crippen molar-refractivity contribution in [3.8, 4) is 0 Å². The van der Waals surface area contributed by atoms with Gasteiger partial charge in [-0.15, -0.1) is 0 Å². The first-order valence-electron chi connectivity index (χ1n) is 5.34. The molecule has 3 atom stereocenters. The van der Waals surface area contributed by atoms with E-state index >= 15 is 0 Å². The van der Waals surface area contributed by atoms with Gasteiger partial charge in [0.15, 0.2) is 0 Å². The highest BCUT2D eigenvalue weighted by Gasteiger charge is 2.18. The lowest BCUT2D eigenvalue weighted by atomic mass is 10.2. The summed E-state index contributed by atoms with van der Waals surface area (Å²) in [5, 5.41) is 18.5. The Labute approximate surface area is 102 Å². The molecule has 0 aliphatic heterocycles. The van der Waals surface area contributed by atoms with Crippen LogP contribution < -0.4 is 0 Å². The third-order valence-corrected chi connectivity index (χ3v) is 2.42. The van der Waals surface area contributed by atoms with Crippen LogP contribution in [0.2, 0.25) is 0 Å². The van der Waals surface area contributed by atoms with Crippen molar-refractivity contribution in [2.75, 3.05) is 19.6 Å². The van der Waals surface area contributed by atoms with E-state index in [0.717, 1.165) is 0 Å². The second-order valence-corrected chi connectivity index (χ2v) is 5.30. The zero-order valence-electron chi connectivity index (χ0n) is 10.3. The van der Waals surface area contributed by atoms with Crippen molar-refractivity contribution in [1.29, 1.82) is 0 Å². The summed E-state index contributed by atoms with van der Waals surface area (Å²) in [5.41, 5.74) is 0. The van der Waals surface area contributed by atoms with E-state index < -0.39 is 28.7 Å². The molecule has 0 rings (SSSR count). The molecule has 0 saturated heterocycles. The van der Waals surface area contributed by atoms with Crippen LogP contribution in [-0.4, -0.2) is 66.0 Å². The Bertz CT molecular complexity index is 293. The Hall–Kier alpha value is -0.250. The SMILES string of the molecule is CC(O)CN(CC(C)O)CC(C)OS(=O)(=O)O. The largest absolute Gasteiger partial charge is 0.397 e. The van der Waals surface area contributed by atoms with Crippen LogP contribution in [0.15, 0.2) is 0 Å². The molecule has 7 nitrogen and oxygen atoms in total. The summed E-state index contributed by atoms with van der Waals surface area (Å²) in [6, 6.07) is 0. The third kappa shape index (κ3) is 10.6. The first-order valence-corrected chi connectivity index (χ1v) is 6.71. The molecule has 0 aromatic rings. The molecule has 17 heavy (non-hydrogen) atoms. The second kappa shape index (κ2) is 7.24. The molecular formula is C9H21NO6S. The summed E-state index contributed by atoms with van der Waals surface area (Å²) < 4.78 is 33.8. The number of hydrogen-bond donors (Lipinski definition) is 3. The predicted molar refractivity (Wildman–Crippen MR) is 61.9 cm³/mol. The van der Waals surface area contributed by atoms with Gasteiger partial charge in [0, 0.05) is 19.6 Å². The van der Waals surface area contributed by atoms with Gasteiger partial charge in [-0.05, 0) is 20.8 Å². The lowest BCUT2D eigenvalue weighted by Crippen LogP contribution is -2.41. The average molecular weight is 271 g/mol. The maximum absolute atomic E-state index is 10.5. The molecule has 3 unspecified atom stereocenters. The molecule has 104 valence electrons. The molecule has 0 heterocycles. The molecule has 0 amide bonds. The maximum atomic E-state index is 10.5. The van der Waals surface area contributed by atoms with E-state index in [1.165, 1.54) is 6.92 Å². The van der Waals surface area contributed by atoms with Crippen LogP contribution in [0.4, 0.5) is 0 Å². The molecule has 0 aliphatic rings. The van der Waals surface area contributed by atoms with Crippen molar-refractivity contribution in [1.82, 2.24) is 4.90 Å². The molecular weight excluding hydrogens is 250 g/mol. The lowest BCUT2D eigenvalue weighted by Gasteiger charge is -2.27. The van der Waals surface area contributed by atoms with Crippen LogP contribution in [-0.2, 0) is 14.6 Å². The Morgan fingerprint density at radius 1 is 1.06 bits per heavy atom. The van der Waals surface area contributed by atoms with Crippen molar-refractivity contribution in [3.05, 3.63) is 0 Å². The molecule has 0 radical (unpaired) electrons. The highest BCUT2D eigenvalue weighted by atomic mass is 32.3. The number of aliphatic hydroxyl groups excluding tert-OH is 2. The van der Waals surface area contributed by atoms with Gasteiger partial charge in [-0.3, -0.25) is 9.45 Å². The van der Waals surface area contributed by atoms with Gasteiger partial charge in [0.25, 0.3) is 0 Å². The minimum atomic E-state index is -4.48. The van der Waals surface area contributed by atoms with E-state index in [4.69, 9.17) is 4.55 Å². The average Bonchev–Trinajstić information content (AvgIpc) is 1.95. The van der Waals surface area contributed by atoms with Crippen molar-refractivity contribution in [2.24, 2.45) is 0 Å². The first-order chi connectivity index (χ1) is 7.60. The number of rotatable bonds is 8. The Kier molecular flexibility index (Phi) is 7.14. The van der Waals surface area contributed by atoms with Crippen LogP contribution in [0.1, 0.15) is 20.8 Å². The smallest absolute Gasteiger partial charge is 0.392 e. The Balaban J connectivity index is 4.31. The summed E-state index contributed by atoms with van der Waals surface area (Å²) in [6.07, 6.45) is -1.97. The standard InChI is InChI=1S/C9H21NO6S/c1-7(11)4-10(5-8(2)12)6-9(3)16-17(13,14)15/h7-9,11-12H,4-6H2,1-3H3,(H,13,14,15). The van der Waals surface area contributed by atoms with E-state index in [9.17, 15) is 18.6 Å². The Morgan fingerprint density at radius 2 is 1.47 bits per heavy atom. The van der Waals surface area contributed by atoms with E-state index in [2.05, 4.69) is 4.18 Å².